The number of carbonyl (C=O) groups is 2. The van der Waals surface area contributed by atoms with E-state index in [1.807, 2.05) is 78.9 Å². The second kappa shape index (κ2) is 9.72. The standard InChI is InChI=1S/C26H22BrClN2O2/c1-17(31)25(18-9-4-2-5-10-18)29-26(32)24-20-13-8-14-22(28)21(20)16-30(23(24)15-27)19-11-6-3-7-12-19/h2-14,25H,15-16H2,1H3,(H,29,32)/t25-/m1/s1. The highest BCUT2D eigenvalue weighted by Gasteiger charge is 2.32. The Kier molecular flexibility index (Phi) is 6.77. The Morgan fingerprint density at radius 3 is 2.28 bits per heavy atom. The van der Waals surface area contributed by atoms with Gasteiger partial charge in [-0.3, -0.25) is 9.59 Å². The first kappa shape index (κ1) is 22.3. The summed E-state index contributed by atoms with van der Waals surface area (Å²) in [5.74, 6) is -0.444. The number of hydrogen-bond donors (Lipinski definition) is 1. The number of alkyl halides is 1. The fourth-order valence-corrected chi connectivity index (χ4v) is 4.83. The summed E-state index contributed by atoms with van der Waals surface area (Å²) in [6, 6.07) is 24.0. The van der Waals surface area contributed by atoms with E-state index in [-0.39, 0.29) is 11.7 Å². The average Bonchev–Trinajstić information content (AvgIpc) is 2.82. The molecule has 1 amide bonds. The molecule has 1 aliphatic rings. The predicted octanol–water partition coefficient (Wildman–Crippen LogP) is 5.91. The van der Waals surface area contributed by atoms with Gasteiger partial charge in [-0.1, -0.05) is 88.2 Å². The van der Waals surface area contributed by atoms with Gasteiger partial charge in [-0.25, -0.2) is 0 Å². The smallest absolute Gasteiger partial charge is 0.254 e. The number of fused-ring (bicyclic) bond motifs is 1. The Balaban J connectivity index is 1.82. The molecule has 32 heavy (non-hydrogen) atoms. The number of allylic oxidation sites excluding steroid dienone is 1. The first-order chi connectivity index (χ1) is 15.5. The van der Waals surface area contributed by atoms with Crippen molar-refractivity contribution in [3.8, 4) is 0 Å². The fourth-order valence-electron chi connectivity index (χ4n) is 4.01. The fraction of sp³-hybridized carbons (Fsp3) is 0.154. The monoisotopic (exact) mass is 508 g/mol. The third-order valence-corrected chi connectivity index (χ3v) is 6.44. The van der Waals surface area contributed by atoms with Crippen LogP contribution in [-0.4, -0.2) is 17.0 Å². The molecule has 1 heterocycles. The number of nitrogens with zero attached hydrogens (tertiary/aromatic N) is 1. The maximum atomic E-state index is 13.7. The molecule has 3 aromatic rings. The highest BCUT2D eigenvalue weighted by atomic mass is 79.9. The Morgan fingerprint density at radius 2 is 1.66 bits per heavy atom. The third-order valence-electron chi connectivity index (χ3n) is 5.56. The van der Waals surface area contributed by atoms with Crippen LogP contribution in [0.1, 0.15) is 29.7 Å². The van der Waals surface area contributed by atoms with E-state index in [0.717, 1.165) is 28.1 Å². The number of amides is 1. The van der Waals surface area contributed by atoms with Crippen LogP contribution in [0.3, 0.4) is 0 Å². The minimum atomic E-state index is -0.734. The Morgan fingerprint density at radius 1 is 1.00 bits per heavy atom. The highest BCUT2D eigenvalue weighted by molar-refractivity contribution is 9.09. The van der Waals surface area contributed by atoms with Gasteiger partial charge in [-0.15, -0.1) is 0 Å². The van der Waals surface area contributed by atoms with Crippen molar-refractivity contribution in [3.05, 3.63) is 106 Å². The molecule has 0 spiro atoms. The first-order valence-electron chi connectivity index (χ1n) is 10.3. The topological polar surface area (TPSA) is 49.4 Å². The minimum Gasteiger partial charge on any atom is -0.339 e. The van der Waals surface area contributed by atoms with Crippen molar-refractivity contribution in [2.75, 3.05) is 10.2 Å². The molecule has 4 nitrogen and oxygen atoms in total. The molecule has 0 fully saturated rings. The second-order valence-corrected chi connectivity index (χ2v) is 8.54. The summed E-state index contributed by atoms with van der Waals surface area (Å²) in [6.07, 6.45) is 0. The first-order valence-corrected chi connectivity index (χ1v) is 11.8. The van der Waals surface area contributed by atoms with Gasteiger partial charge in [0.15, 0.2) is 5.78 Å². The van der Waals surface area contributed by atoms with E-state index in [4.69, 9.17) is 11.6 Å². The quantitative estimate of drug-likeness (QED) is 0.420. The van der Waals surface area contributed by atoms with Gasteiger partial charge in [0.05, 0.1) is 5.57 Å². The van der Waals surface area contributed by atoms with Crippen molar-refractivity contribution < 1.29 is 9.59 Å². The number of para-hydroxylation sites is 1. The molecule has 1 N–H and O–H groups in total. The molecule has 4 rings (SSSR count). The molecule has 6 heteroatoms. The Labute approximate surface area is 201 Å². The van der Waals surface area contributed by atoms with Gasteiger partial charge in [0.2, 0.25) is 0 Å². The van der Waals surface area contributed by atoms with Gasteiger partial charge in [-0.05, 0) is 41.8 Å². The SMILES string of the molecule is CC(=O)[C@@H](NC(=O)C1=C(CBr)N(c2ccccc2)Cc2c(Cl)cccc21)c1ccccc1. The van der Waals surface area contributed by atoms with E-state index in [2.05, 4.69) is 26.1 Å². The number of Topliss-reactive ketones (excluding diaryl/α,β-unsaturated/α-hetero) is 1. The number of benzene rings is 3. The number of hydrogen-bond acceptors (Lipinski definition) is 3. The van der Waals surface area contributed by atoms with E-state index >= 15 is 0 Å². The lowest BCUT2D eigenvalue weighted by molar-refractivity contribution is -0.124. The minimum absolute atomic E-state index is 0.132. The lowest BCUT2D eigenvalue weighted by Gasteiger charge is -2.35. The van der Waals surface area contributed by atoms with E-state index < -0.39 is 6.04 Å². The third kappa shape index (κ3) is 4.36. The zero-order chi connectivity index (χ0) is 22.7. The van der Waals surface area contributed by atoms with Crippen LogP contribution in [0.2, 0.25) is 5.02 Å². The molecule has 0 saturated heterocycles. The van der Waals surface area contributed by atoms with Crippen molar-refractivity contribution in [2.45, 2.75) is 19.5 Å². The van der Waals surface area contributed by atoms with Crippen LogP contribution in [0.25, 0.3) is 5.57 Å². The van der Waals surface area contributed by atoms with Crippen molar-refractivity contribution in [2.24, 2.45) is 0 Å². The Hall–Kier alpha value is -2.89. The second-order valence-electron chi connectivity index (χ2n) is 7.57. The van der Waals surface area contributed by atoms with Crippen LogP contribution in [0.15, 0.2) is 84.6 Å². The van der Waals surface area contributed by atoms with E-state index in [0.29, 0.717) is 22.5 Å². The number of halogens is 2. The molecule has 0 radical (unpaired) electrons. The predicted molar refractivity (Wildman–Crippen MR) is 133 cm³/mol. The molecule has 162 valence electrons. The van der Waals surface area contributed by atoms with E-state index in [1.54, 1.807) is 0 Å². The van der Waals surface area contributed by atoms with Crippen molar-refractivity contribution in [3.63, 3.8) is 0 Å². The lowest BCUT2D eigenvalue weighted by atomic mass is 9.92. The molecule has 0 bridgehead atoms. The van der Waals surface area contributed by atoms with Crippen molar-refractivity contribution >= 4 is 50.5 Å². The van der Waals surface area contributed by atoms with Crippen molar-refractivity contribution in [1.82, 2.24) is 5.32 Å². The highest BCUT2D eigenvalue weighted by Crippen LogP contribution is 2.39. The largest absolute Gasteiger partial charge is 0.339 e. The Bertz CT molecular complexity index is 1180. The molecule has 0 saturated carbocycles. The van der Waals surface area contributed by atoms with Crippen LogP contribution in [0.5, 0.6) is 0 Å². The van der Waals surface area contributed by atoms with Gasteiger partial charge >= 0.3 is 0 Å². The maximum absolute atomic E-state index is 13.7. The summed E-state index contributed by atoms with van der Waals surface area (Å²) in [4.78, 5) is 28.2. The van der Waals surface area contributed by atoms with E-state index in [1.165, 1.54) is 6.92 Å². The molecule has 1 atom stereocenters. The average molecular weight is 510 g/mol. The molecular weight excluding hydrogens is 488 g/mol. The van der Waals surface area contributed by atoms with Crippen LogP contribution >= 0.6 is 27.5 Å². The molecule has 0 aromatic heterocycles. The zero-order valence-corrected chi connectivity index (χ0v) is 19.9. The summed E-state index contributed by atoms with van der Waals surface area (Å²) in [5, 5.41) is 4.03. The number of carbonyl (C=O) groups excluding carboxylic acids is 2. The van der Waals surface area contributed by atoms with Crippen LogP contribution < -0.4 is 10.2 Å². The van der Waals surface area contributed by atoms with Crippen LogP contribution in [0, 0.1) is 0 Å². The number of rotatable bonds is 6. The van der Waals surface area contributed by atoms with Gasteiger partial charge in [-0.2, -0.15) is 0 Å². The van der Waals surface area contributed by atoms with Crippen LogP contribution in [-0.2, 0) is 16.1 Å². The van der Waals surface area contributed by atoms with Crippen molar-refractivity contribution in [1.29, 1.82) is 0 Å². The summed E-state index contributed by atoms with van der Waals surface area (Å²) >= 11 is 10.1. The van der Waals surface area contributed by atoms with Gasteiger partial charge in [0.25, 0.3) is 5.91 Å². The van der Waals surface area contributed by atoms with Gasteiger partial charge in [0, 0.05) is 28.3 Å². The number of ketones is 1. The zero-order valence-electron chi connectivity index (χ0n) is 17.5. The maximum Gasteiger partial charge on any atom is 0.254 e. The summed E-state index contributed by atoms with van der Waals surface area (Å²) in [5.41, 5.74) is 4.70. The summed E-state index contributed by atoms with van der Waals surface area (Å²) in [7, 11) is 0. The van der Waals surface area contributed by atoms with Crippen LogP contribution in [0.4, 0.5) is 5.69 Å². The number of anilines is 1. The molecular formula is C26H22BrClN2O2. The van der Waals surface area contributed by atoms with Gasteiger partial charge in [0.1, 0.15) is 6.04 Å². The van der Waals surface area contributed by atoms with E-state index in [9.17, 15) is 9.59 Å². The summed E-state index contributed by atoms with van der Waals surface area (Å²) in [6.45, 7) is 2.03. The molecule has 3 aromatic carbocycles. The summed E-state index contributed by atoms with van der Waals surface area (Å²) < 4.78 is 0. The lowest BCUT2D eigenvalue weighted by Crippen LogP contribution is -2.38. The molecule has 1 aliphatic heterocycles. The molecule has 0 aliphatic carbocycles. The number of nitrogens with one attached hydrogen (secondary N) is 1. The molecule has 0 unspecified atom stereocenters. The normalized spacial score (nSPS) is 14.0. The van der Waals surface area contributed by atoms with Gasteiger partial charge < -0.3 is 10.2 Å².